The molecule has 1 aliphatic carbocycles. The first kappa shape index (κ1) is 7.56. The molecule has 3 atom stereocenters. The Morgan fingerprint density at radius 3 is 2.82 bits per heavy atom. The number of fused-ring (bicyclic) bond motifs is 4. The number of aliphatic hydroxyl groups excluding tert-OH is 1. The van der Waals surface area contributed by atoms with E-state index in [9.17, 15) is 5.11 Å². The molecule has 0 spiro atoms. The number of rotatable bonds is 0. The molecule has 1 N–H and O–H groups in total. The summed E-state index contributed by atoms with van der Waals surface area (Å²) in [6.07, 6.45) is 4.68. The van der Waals surface area contributed by atoms with Crippen molar-refractivity contribution in [1.82, 2.24) is 4.90 Å². The zero-order valence-corrected chi connectivity index (χ0v) is 7.16. The predicted octanol–water partition coefficient (Wildman–Crippen LogP) is 0.851. The van der Waals surface area contributed by atoms with Crippen molar-refractivity contribution in [2.45, 2.75) is 37.8 Å². The van der Waals surface area contributed by atoms with E-state index in [0.717, 1.165) is 18.8 Å². The minimum absolute atomic E-state index is 0.0163. The van der Waals surface area contributed by atoms with Gasteiger partial charge in [0.1, 0.15) is 0 Å². The average molecular weight is 155 g/mol. The molecule has 1 saturated carbocycles. The highest BCUT2D eigenvalue weighted by Crippen LogP contribution is 2.32. The summed E-state index contributed by atoms with van der Waals surface area (Å²) in [5.41, 5.74) is 0. The summed E-state index contributed by atoms with van der Waals surface area (Å²) in [6.45, 7) is 1.21. The van der Waals surface area contributed by atoms with Gasteiger partial charge in [-0.3, -0.25) is 0 Å². The first-order chi connectivity index (χ1) is 5.25. The zero-order valence-electron chi connectivity index (χ0n) is 7.16. The second-order valence-corrected chi connectivity index (χ2v) is 4.16. The third-order valence-corrected chi connectivity index (χ3v) is 3.23. The summed E-state index contributed by atoms with van der Waals surface area (Å²) in [4.78, 5) is 2.42. The monoisotopic (exact) mass is 155 g/mol. The molecule has 2 aliphatic heterocycles. The van der Waals surface area contributed by atoms with E-state index >= 15 is 0 Å². The Hall–Kier alpha value is -0.0800. The molecule has 2 bridgehead atoms. The molecule has 3 aliphatic rings. The van der Waals surface area contributed by atoms with Gasteiger partial charge in [-0.25, -0.2) is 0 Å². The maximum Gasteiger partial charge on any atom is 0.0558 e. The Balaban J connectivity index is 2.10. The predicted molar refractivity (Wildman–Crippen MR) is 44.4 cm³/mol. The highest BCUT2D eigenvalue weighted by molar-refractivity contribution is 4.87. The third-order valence-electron chi connectivity index (χ3n) is 3.23. The fourth-order valence-corrected chi connectivity index (χ4v) is 2.58. The highest BCUT2D eigenvalue weighted by Gasteiger charge is 2.32. The average Bonchev–Trinajstić information content (AvgIpc) is 2.16. The van der Waals surface area contributed by atoms with Gasteiger partial charge in [-0.05, 0) is 38.6 Å². The lowest BCUT2D eigenvalue weighted by atomic mass is 9.95. The van der Waals surface area contributed by atoms with E-state index in [1.54, 1.807) is 0 Å². The molecule has 0 amide bonds. The van der Waals surface area contributed by atoms with Crippen LogP contribution in [0, 0.1) is 5.92 Å². The topological polar surface area (TPSA) is 23.5 Å². The largest absolute Gasteiger partial charge is 0.393 e. The minimum atomic E-state index is -0.0163. The Kier molecular flexibility index (Phi) is 1.90. The minimum Gasteiger partial charge on any atom is -0.393 e. The van der Waals surface area contributed by atoms with Gasteiger partial charge >= 0.3 is 0 Å². The van der Waals surface area contributed by atoms with Gasteiger partial charge in [0.15, 0.2) is 0 Å². The fourth-order valence-electron chi connectivity index (χ4n) is 2.58. The second kappa shape index (κ2) is 2.76. The van der Waals surface area contributed by atoms with Crippen LogP contribution in [0.2, 0.25) is 0 Å². The van der Waals surface area contributed by atoms with Gasteiger partial charge in [-0.2, -0.15) is 0 Å². The van der Waals surface area contributed by atoms with E-state index < -0.39 is 0 Å². The molecule has 0 aromatic carbocycles. The number of nitrogens with zero attached hydrogens (tertiary/aromatic N) is 1. The number of hydrogen-bond donors (Lipinski definition) is 1. The van der Waals surface area contributed by atoms with Crippen molar-refractivity contribution in [3.05, 3.63) is 0 Å². The van der Waals surface area contributed by atoms with E-state index in [0.29, 0.717) is 6.04 Å². The van der Waals surface area contributed by atoms with E-state index in [1.807, 2.05) is 0 Å². The Labute approximate surface area is 68.2 Å². The lowest BCUT2D eigenvalue weighted by Gasteiger charge is -2.33. The molecule has 0 radical (unpaired) electrons. The molecule has 0 aromatic heterocycles. The number of hydrogen-bond acceptors (Lipinski definition) is 2. The number of aliphatic hydroxyl groups is 1. The smallest absolute Gasteiger partial charge is 0.0558 e. The van der Waals surface area contributed by atoms with Crippen molar-refractivity contribution < 1.29 is 5.11 Å². The van der Waals surface area contributed by atoms with Gasteiger partial charge in [-0.1, -0.05) is 0 Å². The quantitative estimate of drug-likeness (QED) is 0.560. The lowest BCUT2D eigenvalue weighted by Crippen LogP contribution is -2.38. The summed E-state index contributed by atoms with van der Waals surface area (Å²) in [7, 11) is 2.19. The number of piperidine rings is 1. The molecule has 64 valence electrons. The maximum absolute atomic E-state index is 9.56. The van der Waals surface area contributed by atoms with Gasteiger partial charge < -0.3 is 10.0 Å². The SMILES string of the molecule is CN1CC2CCC1CC(O)C2. The van der Waals surface area contributed by atoms with Crippen LogP contribution in [0.25, 0.3) is 0 Å². The summed E-state index contributed by atoms with van der Waals surface area (Å²) in [6, 6.07) is 0.670. The molecule has 2 nitrogen and oxygen atoms in total. The molecule has 2 heterocycles. The normalized spacial score (nSPS) is 45.8. The van der Waals surface area contributed by atoms with Crippen LogP contribution in [0.1, 0.15) is 25.7 Å². The zero-order chi connectivity index (χ0) is 7.84. The summed E-state index contributed by atoms with van der Waals surface area (Å²) in [5.74, 6) is 0.772. The van der Waals surface area contributed by atoms with Crippen molar-refractivity contribution in [2.24, 2.45) is 5.92 Å². The third kappa shape index (κ3) is 1.42. The lowest BCUT2D eigenvalue weighted by molar-refractivity contribution is 0.136. The van der Waals surface area contributed by atoms with Gasteiger partial charge in [0.25, 0.3) is 0 Å². The molecule has 3 rings (SSSR count). The Morgan fingerprint density at radius 1 is 1.27 bits per heavy atom. The van der Waals surface area contributed by atoms with E-state index in [2.05, 4.69) is 11.9 Å². The van der Waals surface area contributed by atoms with Crippen LogP contribution in [-0.4, -0.2) is 35.7 Å². The van der Waals surface area contributed by atoms with Gasteiger partial charge in [0.2, 0.25) is 0 Å². The van der Waals surface area contributed by atoms with Crippen LogP contribution in [-0.2, 0) is 0 Å². The van der Waals surface area contributed by atoms with Crippen molar-refractivity contribution in [3.63, 3.8) is 0 Å². The molecule has 3 unspecified atom stereocenters. The first-order valence-corrected chi connectivity index (χ1v) is 4.64. The van der Waals surface area contributed by atoms with Crippen molar-refractivity contribution >= 4 is 0 Å². The van der Waals surface area contributed by atoms with Crippen molar-refractivity contribution in [3.8, 4) is 0 Å². The fraction of sp³-hybridized carbons (Fsp3) is 1.00. The van der Waals surface area contributed by atoms with Crippen LogP contribution < -0.4 is 0 Å². The Bertz CT molecular complexity index is 146. The van der Waals surface area contributed by atoms with Crippen molar-refractivity contribution in [2.75, 3.05) is 13.6 Å². The van der Waals surface area contributed by atoms with Gasteiger partial charge in [-0.15, -0.1) is 0 Å². The standard InChI is InChI=1S/C9H17NO/c1-10-6-7-2-3-8(10)5-9(11)4-7/h7-9,11H,2-6H2,1H3. The first-order valence-electron chi connectivity index (χ1n) is 4.64. The molecule has 2 heteroatoms. The van der Waals surface area contributed by atoms with E-state index in [4.69, 9.17) is 0 Å². The molecular formula is C9H17NO. The van der Waals surface area contributed by atoms with Crippen LogP contribution in [0.4, 0.5) is 0 Å². The molecular weight excluding hydrogens is 138 g/mol. The molecule has 11 heavy (non-hydrogen) atoms. The molecule has 2 saturated heterocycles. The van der Waals surface area contributed by atoms with Crippen LogP contribution in [0.3, 0.4) is 0 Å². The highest BCUT2D eigenvalue weighted by atomic mass is 16.3. The summed E-state index contributed by atoms with van der Waals surface area (Å²) >= 11 is 0. The van der Waals surface area contributed by atoms with Gasteiger partial charge in [0.05, 0.1) is 6.10 Å². The van der Waals surface area contributed by atoms with E-state index in [1.165, 1.54) is 19.4 Å². The summed E-state index contributed by atoms with van der Waals surface area (Å²) in [5, 5.41) is 9.56. The van der Waals surface area contributed by atoms with Crippen molar-refractivity contribution in [1.29, 1.82) is 0 Å². The second-order valence-electron chi connectivity index (χ2n) is 4.16. The Morgan fingerprint density at radius 2 is 2.09 bits per heavy atom. The van der Waals surface area contributed by atoms with Crippen LogP contribution in [0.5, 0.6) is 0 Å². The van der Waals surface area contributed by atoms with Crippen LogP contribution in [0.15, 0.2) is 0 Å². The molecule has 0 aromatic rings. The van der Waals surface area contributed by atoms with E-state index in [-0.39, 0.29) is 6.10 Å². The van der Waals surface area contributed by atoms with Gasteiger partial charge in [0, 0.05) is 12.6 Å². The maximum atomic E-state index is 9.56. The summed E-state index contributed by atoms with van der Waals surface area (Å²) < 4.78 is 0. The van der Waals surface area contributed by atoms with Crippen LogP contribution >= 0.6 is 0 Å². The molecule has 3 fully saturated rings.